The minimum absolute atomic E-state index is 0.858. The van der Waals surface area contributed by atoms with Crippen molar-refractivity contribution in [2.24, 2.45) is 0 Å². The number of hydrogen-bond acceptors (Lipinski definition) is 2. The van der Waals surface area contributed by atoms with Gasteiger partial charge >= 0.3 is 0 Å². The van der Waals surface area contributed by atoms with Crippen molar-refractivity contribution in [2.75, 3.05) is 25.5 Å². The number of likely N-dealkylation sites (N-methyl/N-ethyl adjacent to an activating group) is 1. The Morgan fingerprint density at radius 3 is 2.60 bits per heavy atom. The largest absolute Gasteiger partial charge is 0.384 e. The van der Waals surface area contributed by atoms with Crippen LogP contribution in [0.4, 0.5) is 5.69 Å². The van der Waals surface area contributed by atoms with Gasteiger partial charge < -0.3 is 10.2 Å². The zero-order chi connectivity index (χ0) is 10.7. The zero-order valence-electron chi connectivity index (χ0n) is 9.04. The van der Waals surface area contributed by atoms with Crippen LogP contribution < -0.4 is 5.32 Å². The second-order valence-electron chi connectivity index (χ2n) is 4.15. The highest BCUT2D eigenvalue weighted by Crippen LogP contribution is 2.24. The maximum Gasteiger partial charge on any atom is 0.0341 e. The monoisotopic (exact) mass is 268 g/mol. The highest BCUT2D eigenvalue weighted by molar-refractivity contribution is 9.10. The molecule has 0 heterocycles. The lowest BCUT2D eigenvalue weighted by molar-refractivity contribution is 0.337. The number of anilines is 1. The van der Waals surface area contributed by atoms with Crippen LogP contribution >= 0.6 is 15.9 Å². The highest BCUT2D eigenvalue weighted by atomic mass is 79.9. The molecule has 1 fully saturated rings. The molecule has 1 saturated carbocycles. The number of benzene rings is 1. The van der Waals surface area contributed by atoms with Crippen molar-refractivity contribution < 1.29 is 0 Å². The van der Waals surface area contributed by atoms with Crippen molar-refractivity contribution in [1.29, 1.82) is 0 Å². The Morgan fingerprint density at radius 1 is 1.33 bits per heavy atom. The molecule has 0 unspecified atom stereocenters. The molecule has 82 valence electrons. The predicted octanol–water partition coefficient (Wildman–Crippen LogP) is 2.96. The van der Waals surface area contributed by atoms with Gasteiger partial charge in [-0.1, -0.05) is 15.9 Å². The van der Waals surface area contributed by atoms with E-state index in [1.54, 1.807) is 0 Å². The minimum atomic E-state index is 0.858. The maximum atomic E-state index is 3.43. The van der Waals surface area contributed by atoms with Gasteiger partial charge in [0.2, 0.25) is 0 Å². The van der Waals surface area contributed by atoms with Gasteiger partial charge in [0, 0.05) is 29.3 Å². The maximum absolute atomic E-state index is 3.43. The fourth-order valence-electron chi connectivity index (χ4n) is 1.64. The number of nitrogens with zero attached hydrogens (tertiary/aromatic N) is 1. The smallest absolute Gasteiger partial charge is 0.0341 e. The van der Waals surface area contributed by atoms with E-state index in [0.29, 0.717) is 0 Å². The molecule has 0 aromatic heterocycles. The van der Waals surface area contributed by atoms with E-state index in [0.717, 1.165) is 23.6 Å². The number of rotatable bonds is 5. The first-order valence-electron chi connectivity index (χ1n) is 5.45. The molecule has 1 aliphatic carbocycles. The van der Waals surface area contributed by atoms with Crippen LogP contribution in [0.5, 0.6) is 0 Å². The summed E-state index contributed by atoms with van der Waals surface area (Å²) in [6.45, 7) is 2.15. The molecule has 0 bridgehead atoms. The normalized spacial score (nSPS) is 15.7. The van der Waals surface area contributed by atoms with Crippen LogP contribution in [0.25, 0.3) is 0 Å². The summed E-state index contributed by atoms with van der Waals surface area (Å²) in [5, 5.41) is 3.42. The summed E-state index contributed by atoms with van der Waals surface area (Å²) >= 11 is 3.43. The third-order valence-corrected chi connectivity index (χ3v) is 3.34. The van der Waals surface area contributed by atoms with Gasteiger partial charge in [0.25, 0.3) is 0 Å². The van der Waals surface area contributed by atoms with Gasteiger partial charge in [-0.3, -0.25) is 0 Å². The lowest BCUT2D eigenvalue weighted by Gasteiger charge is -2.16. The molecule has 0 saturated heterocycles. The molecule has 15 heavy (non-hydrogen) atoms. The molecule has 0 spiro atoms. The van der Waals surface area contributed by atoms with Crippen LogP contribution in [0.15, 0.2) is 28.7 Å². The van der Waals surface area contributed by atoms with Gasteiger partial charge in [-0.05, 0) is 44.2 Å². The van der Waals surface area contributed by atoms with Gasteiger partial charge in [-0.2, -0.15) is 0 Å². The number of halogens is 1. The molecule has 1 aliphatic rings. The number of nitrogens with one attached hydrogen (secondary N) is 1. The molecule has 1 aromatic carbocycles. The summed E-state index contributed by atoms with van der Waals surface area (Å²) in [4.78, 5) is 2.44. The van der Waals surface area contributed by atoms with Crippen molar-refractivity contribution in [3.8, 4) is 0 Å². The summed E-state index contributed by atoms with van der Waals surface area (Å²) in [6.07, 6.45) is 2.77. The molecule has 0 atom stereocenters. The summed E-state index contributed by atoms with van der Waals surface area (Å²) in [5.74, 6) is 0. The Hall–Kier alpha value is -0.540. The van der Waals surface area contributed by atoms with E-state index in [9.17, 15) is 0 Å². The van der Waals surface area contributed by atoms with Gasteiger partial charge in [0.05, 0.1) is 0 Å². The zero-order valence-corrected chi connectivity index (χ0v) is 10.6. The van der Waals surface area contributed by atoms with Crippen LogP contribution in [-0.2, 0) is 0 Å². The average Bonchev–Trinajstić information content (AvgIpc) is 3.04. The molecular formula is C12H17BrN2. The second kappa shape index (κ2) is 4.99. The summed E-state index contributed by atoms with van der Waals surface area (Å²) < 4.78 is 1.13. The van der Waals surface area contributed by atoms with E-state index in [2.05, 4.69) is 57.5 Å². The topological polar surface area (TPSA) is 15.3 Å². The summed E-state index contributed by atoms with van der Waals surface area (Å²) in [5.41, 5.74) is 1.20. The Bertz CT molecular complexity index is 306. The quantitative estimate of drug-likeness (QED) is 0.884. The molecule has 0 radical (unpaired) electrons. The average molecular weight is 269 g/mol. The minimum Gasteiger partial charge on any atom is -0.384 e. The molecule has 2 nitrogen and oxygen atoms in total. The molecule has 1 aromatic rings. The first kappa shape index (κ1) is 11.0. The second-order valence-corrected chi connectivity index (χ2v) is 5.06. The molecular weight excluding hydrogens is 252 g/mol. The fraction of sp³-hybridized carbons (Fsp3) is 0.500. The van der Waals surface area contributed by atoms with E-state index in [4.69, 9.17) is 0 Å². The Labute approximate surface area is 99.8 Å². The van der Waals surface area contributed by atoms with Crippen molar-refractivity contribution in [2.45, 2.75) is 18.9 Å². The van der Waals surface area contributed by atoms with Crippen molar-refractivity contribution >= 4 is 21.6 Å². The summed E-state index contributed by atoms with van der Waals surface area (Å²) in [7, 11) is 2.21. The van der Waals surface area contributed by atoms with Crippen LogP contribution in [0.2, 0.25) is 0 Å². The molecule has 0 aliphatic heterocycles. The van der Waals surface area contributed by atoms with Gasteiger partial charge in [0.15, 0.2) is 0 Å². The fourth-order valence-corrected chi connectivity index (χ4v) is 1.91. The third kappa shape index (κ3) is 3.50. The van der Waals surface area contributed by atoms with Crippen LogP contribution in [0, 0.1) is 0 Å². The van der Waals surface area contributed by atoms with Gasteiger partial charge in [0.1, 0.15) is 0 Å². The van der Waals surface area contributed by atoms with Crippen molar-refractivity contribution in [3.63, 3.8) is 0 Å². The highest BCUT2D eigenvalue weighted by Gasteiger charge is 2.25. The molecule has 1 N–H and O–H groups in total. The third-order valence-electron chi connectivity index (χ3n) is 2.81. The van der Waals surface area contributed by atoms with Crippen LogP contribution in [0.3, 0.4) is 0 Å². The van der Waals surface area contributed by atoms with Crippen LogP contribution in [-0.4, -0.2) is 31.1 Å². The molecule has 2 rings (SSSR count). The van der Waals surface area contributed by atoms with E-state index in [1.165, 1.54) is 18.5 Å². The number of hydrogen-bond donors (Lipinski definition) is 1. The van der Waals surface area contributed by atoms with Crippen molar-refractivity contribution in [3.05, 3.63) is 28.7 Å². The Balaban J connectivity index is 1.70. The van der Waals surface area contributed by atoms with E-state index < -0.39 is 0 Å². The Morgan fingerprint density at radius 2 is 2.00 bits per heavy atom. The van der Waals surface area contributed by atoms with Crippen LogP contribution in [0.1, 0.15) is 12.8 Å². The van der Waals surface area contributed by atoms with E-state index >= 15 is 0 Å². The first-order valence-corrected chi connectivity index (χ1v) is 6.25. The SMILES string of the molecule is CN(CCNc1ccc(Br)cc1)C1CC1. The lowest BCUT2D eigenvalue weighted by Crippen LogP contribution is -2.26. The lowest BCUT2D eigenvalue weighted by atomic mass is 10.3. The van der Waals surface area contributed by atoms with E-state index in [-0.39, 0.29) is 0 Å². The standard InChI is InChI=1S/C12H17BrN2/c1-15(12-6-7-12)9-8-14-11-4-2-10(13)3-5-11/h2-5,12,14H,6-9H2,1H3. The first-order chi connectivity index (χ1) is 7.25. The predicted molar refractivity (Wildman–Crippen MR) is 68.3 cm³/mol. The van der Waals surface area contributed by atoms with Gasteiger partial charge in [-0.25, -0.2) is 0 Å². The van der Waals surface area contributed by atoms with E-state index in [1.807, 2.05) is 0 Å². The molecule has 0 amide bonds. The van der Waals surface area contributed by atoms with Crippen molar-refractivity contribution in [1.82, 2.24) is 4.90 Å². The van der Waals surface area contributed by atoms with Gasteiger partial charge in [-0.15, -0.1) is 0 Å². The Kier molecular flexibility index (Phi) is 3.65. The molecule has 3 heteroatoms. The summed E-state index contributed by atoms with van der Waals surface area (Å²) in [6, 6.07) is 9.18.